The average molecular weight is 193 g/mol. The number of imidazole rings is 1. The molecule has 1 aromatic heterocycles. The van der Waals surface area contributed by atoms with Crippen molar-refractivity contribution in [1.29, 1.82) is 0 Å². The van der Waals surface area contributed by atoms with E-state index in [1.807, 2.05) is 17.9 Å². The molecular weight excluding hydrogens is 174 g/mol. The fourth-order valence-electron chi connectivity index (χ4n) is 2.20. The van der Waals surface area contributed by atoms with Crippen LogP contribution in [0.4, 0.5) is 0 Å². The van der Waals surface area contributed by atoms with Crippen LogP contribution in [0.25, 0.3) is 0 Å². The van der Waals surface area contributed by atoms with Gasteiger partial charge in [0.25, 0.3) is 0 Å². The molecule has 0 aromatic carbocycles. The van der Waals surface area contributed by atoms with E-state index in [0.717, 1.165) is 18.2 Å². The summed E-state index contributed by atoms with van der Waals surface area (Å²) in [5, 5.41) is 3.57. The Morgan fingerprint density at radius 3 is 3.00 bits per heavy atom. The second kappa shape index (κ2) is 4.13. The van der Waals surface area contributed by atoms with Crippen LogP contribution in [0.5, 0.6) is 0 Å². The molecule has 0 aliphatic heterocycles. The summed E-state index contributed by atoms with van der Waals surface area (Å²) in [6.45, 7) is 3.25. The quantitative estimate of drug-likeness (QED) is 0.792. The minimum atomic E-state index is 0.715. The second-order valence-corrected chi connectivity index (χ2v) is 4.53. The summed E-state index contributed by atoms with van der Waals surface area (Å²) in [6, 6.07) is 0.715. The molecule has 2 rings (SSSR count). The number of aryl methyl sites for hydroxylation is 1. The Labute approximate surface area is 85.5 Å². The number of hydrogen-bond donors (Lipinski definition) is 1. The summed E-state index contributed by atoms with van der Waals surface area (Å²) < 4.78 is 1.99. The van der Waals surface area contributed by atoms with Crippen LogP contribution in [-0.2, 0) is 13.6 Å². The molecule has 1 aromatic rings. The molecule has 2 unspecified atom stereocenters. The van der Waals surface area contributed by atoms with Crippen LogP contribution in [0.1, 0.15) is 31.9 Å². The average Bonchev–Trinajstić information content (AvgIpc) is 2.72. The highest BCUT2D eigenvalue weighted by Crippen LogP contribution is 2.24. The van der Waals surface area contributed by atoms with Gasteiger partial charge in [-0.15, -0.1) is 0 Å². The molecule has 78 valence electrons. The van der Waals surface area contributed by atoms with E-state index in [4.69, 9.17) is 0 Å². The molecule has 1 heterocycles. The van der Waals surface area contributed by atoms with Gasteiger partial charge in [0.05, 0.1) is 12.0 Å². The molecule has 1 fully saturated rings. The van der Waals surface area contributed by atoms with Crippen molar-refractivity contribution >= 4 is 0 Å². The number of nitrogens with zero attached hydrogens (tertiary/aromatic N) is 2. The number of hydrogen-bond acceptors (Lipinski definition) is 2. The minimum absolute atomic E-state index is 0.715. The molecule has 0 spiro atoms. The van der Waals surface area contributed by atoms with Crippen LogP contribution in [-0.4, -0.2) is 15.6 Å². The van der Waals surface area contributed by atoms with Crippen molar-refractivity contribution in [3.05, 3.63) is 18.2 Å². The summed E-state index contributed by atoms with van der Waals surface area (Å²) in [4.78, 5) is 4.30. The van der Waals surface area contributed by atoms with Crippen molar-refractivity contribution in [2.24, 2.45) is 13.0 Å². The van der Waals surface area contributed by atoms with Gasteiger partial charge in [-0.05, 0) is 25.2 Å². The number of nitrogens with one attached hydrogen (secondary N) is 1. The third-order valence-electron chi connectivity index (χ3n) is 3.03. The van der Waals surface area contributed by atoms with Gasteiger partial charge in [0.1, 0.15) is 0 Å². The zero-order valence-electron chi connectivity index (χ0n) is 9.03. The molecule has 0 amide bonds. The van der Waals surface area contributed by atoms with Gasteiger partial charge >= 0.3 is 0 Å². The van der Waals surface area contributed by atoms with Crippen molar-refractivity contribution in [1.82, 2.24) is 14.9 Å². The van der Waals surface area contributed by atoms with Crippen LogP contribution in [0, 0.1) is 5.92 Å². The Morgan fingerprint density at radius 2 is 2.43 bits per heavy atom. The van der Waals surface area contributed by atoms with Gasteiger partial charge in [-0.2, -0.15) is 0 Å². The maximum Gasteiger partial charge on any atom is 0.0947 e. The van der Waals surface area contributed by atoms with E-state index in [2.05, 4.69) is 23.4 Å². The standard InChI is InChI=1S/C11H19N3/c1-9-3-4-10(5-9)12-6-11-7-14(2)8-13-11/h7-10,12H,3-6H2,1-2H3. The molecule has 3 heteroatoms. The summed E-state index contributed by atoms with van der Waals surface area (Å²) in [5.74, 6) is 0.899. The highest BCUT2D eigenvalue weighted by Gasteiger charge is 2.20. The second-order valence-electron chi connectivity index (χ2n) is 4.53. The minimum Gasteiger partial charge on any atom is -0.340 e. The molecule has 1 saturated carbocycles. The van der Waals surface area contributed by atoms with E-state index in [1.165, 1.54) is 19.3 Å². The summed E-state index contributed by atoms with van der Waals surface area (Å²) in [7, 11) is 2.01. The third-order valence-corrected chi connectivity index (χ3v) is 3.03. The zero-order valence-corrected chi connectivity index (χ0v) is 9.03. The van der Waals surface area contributed by atoms with Crippen LogP contribution in [0.2, 0.25) is 0 Å². The summed E-state index contributed by atoms with van der Waals surface area (Å²) >= 11 is 0. The van der Waals surface area contributed by atoms with Gasteiger partial charge in [0.15, 0.2) is 0 Å². The predicted octanol–water partition coefficient (Wildman–Crippen LogP) is 1.70. The highest BCUT2D eigenvalue weighted by atomic mass is 15.0. The SMILES string of the molecule is CC1CCC(NCc2cn(C)cn2)C1. The van der Waals surface area contributed by atoms with Crippen molar-refractivity contribution < 1.29 is 0 Å². The monoisotopic (exact) mass is 193 g/mol. The molecule has 0 radical (unpaired) electrons. The predicted molar refractivity (Wildman–Crippen MR) is 56.9 cm³/mol. The van der Waals surface area contributed by atoms with Gasteiger partial charge in [-0.25, -0.2) is 4.98 Å². The lowest BCUT2D eigenvalue weighted by Crippen LogP contribution is -2.25. The fourth-order valence-corrected chi connectivity index (χ4v) is 2.20. The van der Waals surface area contributed by atoms with Crippen molar-refractivity contribution in [2.45, 2.75) is 38.8 Å². The van der Waals surface area contributed by atoms with Crippen LogP contribution >= 0.6 is 0 Å². The van der Waals surface area contributed by atoms with Gasteiger partial charge in [0.2, 0.25) is 0 Å². The van der Waals surface area contributed by atoms with Crippen molar-refractivity contribution in [2.75, 3.05) is 0 Å². The van der Waals surface area contributed by atoms with Crippen molar-refractivity contribution in [3.8, 4) is 0 Å². The molecular formula is C11H19N3. The zero-order chi connectivity index (χ0) is 9.97. The maximum absolute atomic E-state index is 4.30. The molecule has 1 aliphatic carbocycles. The Balaban J connectivity index is 1.77. The van der Waals surface area contributed by atoms with E-state index < -0.39 is 0 Å². The molecule has 0 saturated heterocycles. The van der Waals surface area contributed by atoms with Gasteiger partial charge < -0.3 is 9.88 Å². The van der Waals surface area contributed by atoms with Crippen LogP contribution in [0.15, 0.2) is 12.5 Å². The largest absolute Gasteiger partial charge is 0.340 e. The van der Waals surface area contributed by atoms with E-state index in [0.29, 0.717) is 6.04 Å². The Bertz CT molecular complexity index is 292. The molecule has 0 bridgehead atoms. The molecule has 14 heavy (non-hydrogen) atoms. The molecule has 2 atom stereocenters. The first-order valence-electron chi connectivity index (χ1n) is 5.44. The summed E-state index contributed by atoms with van der Waals surface area (Å²) in [5.41, 5.74) is 1.15. The number of rotatable bonds is 3. The maximum atomic E-state index is 4.30. The van der Waals surface area contributed by atoms with E-state index in [1.54, 1.807) is 0 Å². The topological polar surface area (TPSA) is 29.9 Å². The normalized spacial score (nSPS) is 27.0. The van der Waals surface area contributed by atoms with Gasteiger partial charge in [-0.3, -0.25) is 0 Å². The smallest absolute Gasteiger partial charge is 0.0947 e. The van der Waals surface area contributed by atoms with E-state index in [-0.39, 0.29) is 0 Å². The fraction of sp³-hybridized carbons (Fsp3) is 0.727. The lowest BCUT2D eigenvalue weighted by Gasteiger charge is -2.10. The lowest BCUT2D eigenvalue weighted by atomic mass is 10.1. The third kappa shape index (κ3) is 2.35. The molecule has 3 nitrogen and oxygen atoms in total. The number of aromatic nitrogens is 2. The molecule has 1 aliphatic rings. The lowest BCUT2D eigenvalue weighted by molar-refractivity contribution is 0.499. The first-order chi connectivity index (χ1) is 6.74. The van der Waals surface area contributed by atoms with Crippen molar-refractivity contribution in [3.63, 3.8) is 0 Å². The van der Waals surface area contributed by atoms with E-state index >= 15 is 0 Å². The Kier molecular flexibility index (Phi) is 2.87. The Morgan fingerprint density at radius 1 is 1.57 bits per heavy atom. The molecule has 1 N–H and O–H groups in total. The Hall–Kier alpha value is -0.830. The highest BCUT2D eigenvalue weighted by molar-refractivity contribution is 4.96. The van der Waals surface area contributed by atoms with E-state index in [9.17, 15) is 0 Å². The van der Waals surface area contributed by atoms with Crippen LogP contribution < -0.4 is 5.32 Å². The summed E-state index contributed by atoms with van der Waals surface area (Å²) in [6.07, 6.45) is 7.96. The van der Waals surface area contributed by atoms with Gasteiger partial charge in [-0.1, -0.05) is 6.92 Å². The van der Waals surface area contributed by atoms with Gasteiger partial charge in [0, 0.05) is 25.8 Å². The first kappa shape index (κ1) is 9.71. The van der Waals surface area contributed by atoms with Crippen LogP contribution in [0.3, 0.4) is 0 Å². The first-order valence-corrected chi connectivity index (χ1v) is 5.44.